The summed E-state index contributed by atoms with van der Waals surface area (Å²) >= 11 is 5.98. The molecule has 0 unspecified atom stereocenters. The fourth-order valence-corrected chi connectivity index (χ4v) is 3.31. The van der Waals surface area contributed by atoms with Gasteiger partial charge in [-0.1, -0.05) is 43.5 Å². The van der Waals surface area contributed by atoms with E-state index in [0.717, 1.165) is 42.8 Å². The maximum absolute atomic E-state index is 13.0. The average Bonchev–Trinajstić information content (AvgIpc) is 3.05. The average molecular weight is 400 g/mol. The number of unbranched alkanes of at least 4 members (excludes halogenated alkanes) is 2. The maximum Gasteiger partial charge on any atom is 0.252 e. The van der Waals surface area contributed by atoms with Crippen LogP contribution in [0.2, 0.25) is 5.02 Å². The molecule has 0 saturated carbocycles. The molecule has 1 aromatic carbocycles. The van der Waals surface area contributed by atoms with Gasteiger partial charge in [-0.2, -0.15) is 4.98 Å². The molecule has 0 aliphatic carbocycles. The van der Waals surface area contributed by atoms with E-state index in [4.69, 9.17) is 11.6 Å². The molecule has 1 amide bonds. The molecule has 0 aliphatic heterocycles. The van der Waals surface area contributed by atoms with Gasteiger partial charge in [0.2, 0.25) is 5.91 Å². The number of amides is 1. The Hall–Kier alpha value is -2.47. The number of aryl methyl sites for hydroxylation is 2. The van der Waals surface area contributed by atoms with Gasteiger partial charge in [-0.15, -0.1) is 5.10 Å². The zero-order valence-corrected chi connectivity index (χ0v) is 17.4. The largest absolute Gasteiger partial charge is 0.338 e. The number of fused-ring (bicyclic) bond motifs is 1. The first kappa shape index (κ1) is 20.3. The van der Waals surface area contributed by atoms with E-state index < -0.39 is 0 Å². The molecule has 148 valence electrons. The number of nitrogens with zero attached hydrogens (tertiary/aromatic N) is 5. The molecule has 0 aliphatic rings. The summed E-state index contributed by atoms with van der Waals surface area (Å²) in [6.07, 6.45) is 3.36. The molecule has 0 fully saturated rings. The second kappa shape index (κ2) is 9.15. The van der Waals surface area contributed by atoms with Crippen molar-refractivity contribution >= 4 is 23.3 Å². The maximum atomic E-state index is 13.0. The van der Waals surface area contributed by atoms with Gasteiger partial charge in [0.1, 0.15) is 0 Å². The van der Waals surface area contributed by atoms with Crippen molar-refractivity contribution in [1.29, 1.82) is 0 Å². The van der Waals surface area contributed by atoms with Crippen LogP contribution < -0.4 is 0 Å². The highest BCUT2D eigenvalue weighted by Crippen LogP contribution is 2.14. The minimum absolute atomic E-state index is 0.0244. The van der Waals surface area contributed by atoms with Crippen molar-refractivity contribution in [2.45, 2.75) is 53.0 Å². The number of halogens is 1. The molecule has 0 radical (unpaired) electrons. The first-order chi connectivity index (χ1) is 13.5. The zero-order chi connectivity index (χ0) is 20.1. The molecule has 2 heterocycles. The Kier molecular flexibility index (Phi) is 6.62. The van der Waals surface area contributed by atoms with Gasteiger partial charge in [0.15, 0.2) is 5.82 Å². The highest BCUT2D eigenvalue weighted by molar-refractivity contribution is 6.30. The molecule has 0 spiro atoms. The van der Waals surface area contributed by atoms with Gasteiger partial charge in [0, 0.05) is 29.5 Å². The Morgan fingerprint density at radius 3 is 2.61 bits per heavy atom. The predicted octanol–water partition coefficient (Wildman–Crippen LogP) is 4.16. The van der Waals surface area contributed by atoms with Crippen LogP contribution in [0.1, 0.15) is 49.0 Å². The summed E-state index contributed by atoms with van der Waals surface area (Å²) in [4.78, 5) is 23.7. The minimum Gasteiger partial charge on any atom is -0.338 e. The Balaban J connectivity index is 1.76. The SMILES string of the molecule is CCCCCN(Cc1ccc(Cl)cc1)C(=O)Cc1nc2nc(C)cc(C)n2n1. The lowest BCUT2D eigenvalue weighted by Gasteiger charge is -2.22. The van der Waals surface area contributed by atoms with Crippen LogP contribution in [0.3, 0.4) is 0 Å². The van der Waals surface area contributed by atoms with Crippen LogP contribution in [0.4, 0.5) is 0 Å². The molecule has 7 heteroatoms. The molecule has 0 N–H and O–H groups in total. The number of carbonyl (C=O) groups is 1. The lowest BCUT2D eigenvalue weighted by Crippen LogP contribution is -2.33. The minimum atomic E-state index is 0.0244. The molecule has 3 aromatic rings. The highest BCUT2D eigenvalue weighted by atomic mass is 35.5. The molecule has 2 aromatic heterocycles. The number of benzene rings is 1. The normalized spacial score (nSPS) is 11.1. The molecular weight excluding hydrogens is 374 g/mol. The third-order valence-electron chi connectivity index (χ3n) is 4.64. The smallest absolute Gasteiger partial charge is 0.252 e. The molecule has 6 nitrogen and oxygen atoms in total. The summed E-state index contributed by atoms with van der Waals surface area (Å²) in [5.41, 5.74) is 2.90. The van der Waals surface area contributed by atoms with Crippen LogP contribution in [0.25, 0.3) is 5.78 Å². The van der Waals surface area contributed by atoms with Crippen molar-refractivity contribution < 1.29 is 4.79 Å². The van der Waals surface area contributed by atoms with Crippen LogP contribution in [-0.4, -0.2) is 36.9 Å². The van der Waals surface area contributed by atoms with Crippen molar-refractivity contribution in [2.75, 3.05) is 6.54 Å². The quantitative estimate of drug-likeness (QED) is 0.533. The van der Waals surface area contributed by atoms with Crippen LogP contribution in [0, 0.1) is 13.8 Å². The van der Waals surface area contributed by atoms with E-state index in [0.29, 0.717) is 23.2 Å². The number of hydrogen-bond donors (Lipinski definition) is 0. The summed E-state index contributed by atoms with van der Waals surface area (Å²) in [7, 11) is 0. The van der Waals surface area contributed by atoms with Crippen LogP contribution in [0.15, 0.2) is 30.3 Å². The van der Waals surface area contributed by atoms with E-state index in [2.05, 4.69) is 22.0 Å². The van der Waals surface area contributed by atoms with Gasteiger partial charge >= 0.3 is 0 Å². The Bertz CT molecular complexity index is 951. The summed E-state index contributed by atoms with van der Waals surface area (Å²) in [6, 6.07) is 9.58. The number of carbonyl (C=O) groups excluding carboxylic acids is 1. The van der Waals surface area contributed by atoms with E-state index in [9.17, 15) is 4.79 Å². The lowest BCUT2D eigenvalue weighted by molar-refractivity contribution is -0.131. The fraction of sp³-hybridized carbons (Fsp3) is 0.429. The Morgan fingerprint density at radius 2 is 1.89 bits per heavy atom. The standard InChI is InChI=1S/C21H26ClN5O/c1-4-5-6-11-26(14-17-7-9-18(22)10-8-17)20(28)13-19-24-21-23-15(2)12-16(3)27(21)25-19/h7-10,12H,4-6,11,13-14H2,1-3H3. The third kappa shape index (κ3) is 5.07. The lowest BCUT2D eigenvalue weighted by atomic mass is 10.1. The molecule has 28 heavy (non-hydrogen) atoms. The molecule has 0 bridgehead atoms. The van der Waals surface area contributed by atoms with Gasteiger partial charge in [-0.05, 0) is 44.0 Å². The second-order valence-corrected chi connectivity index (χ2v) is 7.54. The molecule has 0 saturated heterocycles. The van der Waals surface area contributed by atoms with Gasteiger partial charge in [-0.3, -0.25) is 4.79 Å². The van der Waals surface area contributed by atoms with E-state index in [1.54, 1.807) is 4.52 Å². The zero-order valence-electron chi connectivity index (χ0n) is 16.7. The van der Waals surface area contributed by atoms with E-state index in [1.807, 2.05) is 49.1 Å². The Morgan fingerprint density at radius 1 is 1.14 bits per heavy atom. The van der Waals surface area contributed by atoms with Crippen LogP contribution in [-0.2, 0) is 17.8 Å². The second-order valence-electron chi connectivity index (χ2n) is 7.10. The first-order valence-corrected chi connectivity index (χ1v) is 10.1. The van der Waals surface area contributed by atoms with Gasteiger partial charge in [0.25, 0.3) is 5.78 Å². The van der Waals surface area contributed by atoms with Crippen LogP contribution >= 0.6 is 11.6 Å². The number of rotatable bonds is 8. The molecule has 3 rings (SSSR count). The van der Waals surface area contributed by atoms with E-state index in [-0.39, 0.29) is 12.3 Å². The topological polar surface area (TPSA) is 63.4 Å². The summed E-state index contributed by atoms with van der Waals surface area (Å²) in [5.74, 6) is 1.06. The van der Waals surface area contributed by atoms with E-state index in [1.165, 1.54) is 0 Å². The van der Waals surface area contributed by atoms with Crippen molar-refractivity contribution in [2.24, 2.45) is 0 Å². The fourth-order valence-electron chi connectivity index (χ4n) is 3.18. The summed E-state index contributed by atoms with van der Waals surface area (Å²) < 4.78 is 1.69. The molecular formula is C21H26ClN5O. The molecule has 0 atom stereocenters. The predicted molar refractivity (Wildman–Crippen MR) is 110 cm³/mol. The van der Waals surface area contributed by atoms with Gasteiger partial charge in [0.05, 0.1) is 6.42 Å². The van der Waals surface area contributed by atoms with Gasteiger partial charge in [-0.25, -0.2) is 9.50 Å². The van der Waals surface area contributed by atoms with Crippen LogP contribution in [0.5, 0.6) is 0 Å². The summed E-state index contributed by atoms with van der Waals surface area (Å²) in [6.45, 7) is 7.32. The number of hydrogen-bond acceptors (Lipinski definition) is 4. The van der Waals surface area contributed by atoms with Crippen molar-refractivity contribution in [3.05, 3.63) is 58.1 Å². The van der Waals surface area contributed by atoms with E-state index >= 15 is 0 Å². The number of aromatic nitrogens is 4. The van der Waals surface area contributed by atoms with Crippen molar-refractivity contribution in [3.63, 3.8) is 0 Å². The van der Waals surface area contributed by atoms with Crippen molar-refractivity contribution in [3.8, 4) is 0 Å². The monoisotopic (exact) mass is 399 g/mol. The summed E-state index contributed by atoms with van der Waals surface area (Å²) in [5, 5.41) is 5.16. The third-order valence-corrected chi connectivity index (χ3v) is 4.89. The first-order valence-electron chi connectivity index (χ1n) is 9.68. The Labute approximate surface area is 170 Å². The highest BCUT2D eigenvalue weighted by Gasteiger charge is 2.18. The van der Waals surface area contributed by atoms with Gasteiger partial charge < -0.3 is 4.90 Å². The van der Waals surface area contributed by atoms with Crippen molar-refractivity contribution in [1.82, 2.24) is 24.5 Å².